The molecule has 1 aromatic carbocycles. The second-order valence-electron chi connectivity index (χ2n) is 5.77. The summed E-state index contributed by atoms with van der Waals surface area (Å²) in [6.45, 7) is 7.20. The minimum atomic E-state index is 0.0687. The summed E-state index contributed by atoms with van der Waals surface area (Å²) in [5, 5.41) is 0.899. The zero-order chi connectivity index (χ0) is 15.7. The molecular weight excluding hydrogens is 296 g/mol. The molecule has 0 saturated carbocycles. The maximum atomic E-state index is 12.8. The number of benzene rings is 1. The van der Waals surface area contributed by atoms with Crippen molar-refractivity contribution in [2.24, 2.45) is 0 Å². The van der Waals surface area contributed by atoms with Crippen molar-refractivity contribution in [3.8, 4) is 10.6 Å². The molecule has 1 aromatic heterocycles. The molecule has 2 unspecified atom stereocenters. The Morgan fingerprint density at radius 2 is 1.86 bits per heavy atom. The smallest absolute Gasteiger partial charge is 0.266 e. The number of thiazole rings is 1. The molecule has 0 bridgehead atoms. The summed E-state index contributed by atoms with van der Waals surface area (Å²) in [7, 11) is 0. The van der Waals surface area contributed by atoms with Crippen LogP contribution in [0.1, 0.15) is 29.2 Å². The summed E-state index contributed by atoms with van der Waals surface area (Å²) >= 11 is 1.47. The van der Waals surface area contributed by atoms with Crippen LogP contribution in [0.5, 0.6) is 0 Å². The highest BCUT2D eigenvalue weighted by Gasteiger charge is 2.29. The van der Waals surface area contributed by atoms with Gasteiger partial charge in [-0.05, 0) is 20.8 Å². The molecule has 1 amide bonds. The minimum Gasteiger partial charge on any atom is -0.372 e. The molecule has 1 aliphatic heterocycles. The Bertz CT molecular complexity index is 659. The van der Waals surface area contributed by atoms with Crippen molar-refractivity contribution in [2.75, 3.05) is 13.1 Å². The quantitative estimate of drug-likeness (QED) is 0.853. The van der Waals surface area contributed by atoms with Gasteiger partial charge in [-0.3, -0.25) is 4.79 Å². The number of rotatable bonds is 2. The van der Waals surface area contributed by atoms with Crippen LogP contribution in [0.25, 0.3) is 10.6 Å². The maximum Gasteiger partial charge on any atom is 0.266 e. The second kappa shape index (κ2) is 6.18. The SMILES string of the molecule is Cc1nc(-c2ccccc2)sc1C(=O)N1CC(C)OC(C)C1. The molecule has 1 fully saturated rings. The van der Waals surface area contributed by atoms with Crippen molar-refractivity contribution in [3.63, 3.8) is 0 Å². The van der Waals surface area contributed by atoms with Crippen molar-refractivity contribution in [3.05, 3.63) is 40.9 Å². The topological polar surface area (TPSA) is 42.4 Å². The molecule has 2 aromatic rings. The van der Waals surface area contributed by atoms with E-state index < -0.39 is 0 Å². The van der Waals surface area contributed by atoms with E-state index in [1.165, 1.54) is 11.3 Å². The molecule has 1 aliphatic rings. The van der Waals surface area contributed by atoms with E-state index >= 15 is 0 Å². The zero-order valence-electron chi connectivity index (χ0n) is 13.1. The second-order valence-corrected chi connectivity index (χ2v) is 6.77. The third kappa shape index (κ3) is 3.05. The zero-order valence-corrected chi connectivity index (χ0v) is 13.9. The summed E-state index contributed by atoms with van der Waals surface area (Å²) < 4.78 is 5.70. The number of aryl methyl sites for hydroxylation is 1. The van der Waals surface area contributed by atoms with Crippen molar-refractivity contribution >= 4 is 17.2 Å². The van der Waals surface area contributed by atoms with Gasteiger partial charge in [0.05, 0.1) is 17.9 Å². The number of nitrogens with zero attached hydrogens (tertiary/aromatic N) is 2. The fraction of sp³-hybridized carbons (Fsp3) is 0.412. The van der Waals surface area contributed by atoms with Crippen LogP contribution in [-0.4, -0.2) is 41.1 Å². The first-order chi connectivity index (χ1) is 10.5. The van der Waals surface area contributed by atoms with E-state index in [9.17, 15) is 4.79 Å². The van der Waals surface area contributed by atoms with Crippen molar-refractivity contribution in [2.45, 2.75) is 33.0 Å². The molecule has 5 heteroatoms. The van der Waals surface area contributed by atoms with Gasteiger partial charge in [0, 0.05) is 18.7 Å². The Labute approximate surface area is 134 Å². The standard InChI is InChI=1S/C17H20N2O2S/c1-11-9-19(10-12(2)21-11)17(20)15-13(3)18-16(22-15)14-7-5-4-6-8-14/h4-8,11-12H,9-10H2,1-3H3. The first-order valence-corrected chi connectivity index (χ1v) is 8.34. The Balaban J connectivity index is 1.86. The third-order valence-electron chi connectivity index (χ3n) is 3.72. The van der Waals surface area contributed by atoms with Gasteiger partial charge < -0.3 is 9.64 Å². The normalized spacial score (nSPS) is 21.9. The molecular formula is C17H20N2O2S. The van der Waals surface area contributed by atoms with E-state index in [-0.39, 0.29) is 18.1 Å². The first-order valence-electron chi connectivity index (χ1n) is 7.52. The van der Waals surface area contributed by atoms with Crippen LogP contribution < -0.4 is 0 Å². The van der Waals surface area contributed by atoms with E-state index in [1.807, 2.05) is 56.0 Å². The van der Waals surface area contributed by atoms with E-state index in [0.29, 0.717) is 13.1 Å². The summed E-state index contributed by atoms with van der Waals surface area (Å²) in [4.78, 5) is 20.0. The average Bonchev–Trinajstić information content (AvgIpc) is 2.88. The predicted octanol–water partition coefficient (Wildman–Crippen LogP) is 3.37. The number of carbonyl (C=O) groups is 1. The molecule has 3 rings (SSSR count). The molecule has 1 saturated heterocycles. The van der Waals surface area contributed by atoms with Crippen molar-refractivity contribution in [1.82, 2.24) is 9.88 Å². The van der Waals surface area contributed by atoms with Gasteiger partial charge in [0.25, 0.3) is 5.91 Å². The van der Waals surface area contributed by atoms with Gasteiger partial charge in [0.1, 0.15) is 9.88 Å². The molecule has 22 heavy (non-hydrogen) atoms. The summed E-state index contributed by atoms with van der Waals surface area (Å²) in [5.74, 6) is 0.0687. The van der Waals surface area contributed by atoms with E-state index in [1.54, 1.807) is 0 Å². The van der Waals surface area contributed by atoms with Gasteiger partial charge in [0.2, 0.25) is 0 Å². The molecule has 116 valence electrons. The monoisotopic (exact) mass is 316 g/mol. The van der Waals surface area contributed by atoms with Gasteiger partial charge in [-0.15, -0.1) is 11.3 Å². The Morgan fingerprint density at radius 1 is 1.23 bits per heavy atom. The van der Waals surface area contributed by atoms with E-state index in [4.69, 9.17) is 4.74 Å². The van der Waals surface area contributed by atoms with Crippen LogP contribution in [0.4, 0.5) is 0 Å². The van der Waals surface area contributed by atoms with Crippen LogP contribution in [0.2, 0.25) is 0 Å². The van der Waals surface area contributed by atoms with Crippen molar-refractivity contribution < 1.29 is 9.53 Å². The minimum absolute atomic E-state index is 0.0687. The lowest BCUT2D eigenvalue weighted by Crippen LogP contribution is -2.48. The molecule has 2 heterocycles. The highest BCUT2D eigenvalue weighted by molar-refractivity contribution is 7.17. The lowest BCUT2D eigenvalue weighted by Gasteiger charge is -2.35. The molecule has 0 N–H and O–H groups in total. The van der Waals surface area contributed by atoms with Crippen LogP contribution in [0, 0.1) is 6.92 Å². The van der Waals surface area contributed by atoms with Crippen LogP contribution in [0.3, 0.4) is 0 Å². The number of ether oxygens (including phenoxy) is 1. The largest absolute Gasteiger partial charge is 0.372 e. The maximum absolute atomic E-state index is 12.8. The lowest BCUT2D eigenvalue weighted by atomic mass is 10.2. The van der Waals surface area contributed by atoms with Gasteiger partial charge in [-0.2, -0.15) is 0 Å². The summed E-state index contributed by atoms with van der Waals surface area (Å²) in [5.41, 5.74) is 1.86. The predicted molar refractivity (Wildman–Crippen MR) is 88.2 cm³/mol. The molecule has 0 aliphatic carbocycles. The number of carbonyl (C=O) groups excluding carboxylic acids is 1. The highest BCUT2D eigenvalue weighted by atomic mass is 32.1. The lowest BCUT2D eigenvalue weighted by molar-refractivity contribution is -0.0585. The van der Waals surface area contributed by atoms with Gasteiger partial charge in [0.15, 0.2) is 0 Å². The fourth-order valence-corrected chi connectivity index (χ4v) is 3.83. The number of hydrogen-bond acceptors (Lipinski definition) is 4. The molecule has 0 spiro atoms. The van der Waals surface area contributed by atoms with Crippen molar-refractivity contribution in [1.29, 1.82) is 0 Å². The molecule has 2 atom stereocenters. The van der Waals surface area contributed by atoms with Gasteiger partial charge >= 0.3 is 0 Å². The third-order valence-corrected chi connectivity index (χ3v) is 4.91. The van der Waals surface area contributed by atoms with Crippen LogP contribution in [0.15, 0.2) is 30.3 Å². The Kier molecular flexibility index (Phi) is 4.27. The average molecular weight is 316 g/mol. The van der Waals surface area contributed by atoms with Crippen LogP contribution >= 0.6 is 11.3 Å². The molecule has 0 radical (unpaired) electrons. The van der Waals surface area contributed by atoms with E-state index in [2.05, 4.69) is 4.98 Å². The number of amides is 1. The van der Waals surface area contributed by atoms with Crippen LogP contribution in [-0.2, 0) is 4.74 Å². The van der Waals surface area contributed by atoms with Gasteiger partial charge in [-0.1, -0.05) is 30.3 Å². The summed E-state index contributed by atoms with van der Waals surface area (Å²) in [6, 6.07) is 9.99. The first kappa shape index (κ1) is 15.2. The molecule has 4 nitrogen and oxygen atoms in total. The number of aromatic nitrogens is 1. The number of morpholine rings is 1. The van der Waals surface area contributed by atoms with E-state index in [0.717, 1.165) is 21.1 Å². The number of hydrogen-bond donors (Lipinski definition) is 0. The highest BCUT2D eigenvalue weighted by Crippen LogP contribution is 2.29. The Morgan fingerprint density at radius 3 is 2.50 bits per heavy atom. The van der Waals surface area contributed by atoms with Gasteiger partial charge in [-0.25, -0.2) is 4.98 Å². The summed E-state index contributed by atoms with van der Waals surface area (Å²) in [6.07, 6.45) is 0.157. The Hall–Kier alpha value is -1.72. The fourth-order valence-electron chi connectivity index (χ4n) is 2.79.